The number of sulfone groups is 1. The van der Waals surface area contributed by atoms with E-state index >= 15 is 0 Å². The quantitative estimate of drug-likeness (QED) is 0.859. The number of hydrogen-bond donors (Lipinski definition) is 1. The average Bonchev–Trinajstić information content (AvgIpc) is 2.85. The van der Waals surface area contributed by atoms with Gasteiger partial charge < -0.3 is 5.32 Å². The van der Waals surface area contributed by atoms with Crippen LogP contribution in [-0.2, 0) is 9.84 Å². The van der Waals surface area contributed by atoms with E-state index in [-0.39, 0.29) is 16.7 Å². The second-order valence-electron chi connectivity index (χ2n) is 4.27. The molecule has 1 aromatic carbocycles. The Labute approximate surface area is 113 Å². The van der Waals surface area contributed by atoms with Crippen molar-refractivity contribution in [3.8, 4) is 0 Å². The lowest BCUT2D eigenvalue weighted by atomic mass is 10.0. The van der Waals surface area contributed by atoms with E-state index in [1.807, 2.05) is 0 Å². The normalized spacial score (nSPS) is 20.8. The summed E-state index contributed by atoms with van der Waals surface area (Å²) >= 11 is 1.18. The third-order valence-electron chi connectivity index (χ3n) is 3.04. The number of halogens is 1. The molecule has 3 rings (SSSR count). The number of aromatic nitrogens is 2. The first kappa shape index (κ1) is 12.5. The van der Waals surface area contributed by atoms with Crippen molar-refractivity contribution in [1.82, 2.24) is 9.59 Å². The van der Waals surface area contributed by atoms with Gasteiger partial charge >= 0.3 is 0 Å². The number of hydrogen-bond acceptors (Lipinski definition) is 6. The average molecular weight is 299 g/mol. The van der Waals surface area contributed by atoms with Gasteiger partial charge in [-0.1, -0.05) is 4.49 Å². The van der Waals surface area contributed by atoms with Crippen LogP contribution >= 0.6 is 11.5 Å². The van der Waals surface area contributed by atoms with Crippen molar-refractivity contribution in [2.75, 3.05) is 11.1 Å². The molecular weight excluding hydrogens is 289 g/mol. The van der Waals surface area contributed by atoms with Gasteiger partial charge in [-0.2, -0.15) is 0 Å². The van der Waals surface area contributed by atoms with E-state index in [9.17, 15) is 12.8 Å². The molecule has 1 aromatic heterocycles. The van der Waals surface area contributed by atoms with E-state index in [2.05, 4.69) is 14.9 Å². The van der Waals surface area contributed by atoms with Crippen LogP contribution in [0.4, 0.5) is 9.39 Å². The summed E-state index contributed by atoms with van der Waals surface area (Å²) in [5, 5.41) is 7.58. The van der Waals surface area contributed by atoms with Gasteiger partial charge in [-0.3, -0.25) is 0 Å². The van der Waals surface area contributed by atoms with E-state index in [4.69, 9.17) is 0 Å². The lowest BCUT2D eigenvalue weighted by molar-refractivity contribution is 0.571. The fourth-order valence-corrected chi connectivity index (χ4v) is 4.24. The van der Waals surface area contributed by atoms with Crippen LogP contribution in [0.3, 0.4) is 0 Å². The van der Waals surface area contributed by atoms with Crippen LogP contribution in [0.1, 0.15) is 18.0 Å². The second-order valence-corrected chi connectivity index (χ2v) is 7.13. The fourth-order valence-electron chi connectivity index (χ4n) is 2.17. The van der Waals surface area contributed by atoms with Gasteiger partial charge in [-0.15, -0.1) is 5.10 Å². The Kier molecular flexibility index (Phi) is 2.98. The van der Waals surface area contributed by atoms with Crippen molar-refractivity contribution in [2.45, 2.75) is 17.4 Å². The molecule has 1 N–H and O–H groups in total. The molecule has 2 heterocycles. The minimum atomic E-state index is -3.31. The molecule has 0 radical (unpaired) electrons. The number of nitrogens with one attached hydrogen (secondary N) is 1. The first-order valence-electron chi connectivity index (χ1n) is 5.62. The predicted molar refractivity (Wildman–Crippen MR) is 69.3 cm³/mol. The standard InChI is InChI=1S/C11H10FN3O2S2/c12-7-1-2-10-8(5-7)9(3-4-19(10,16)17)14-11-6-13-15-18-11/h1-2,5-6,9,14H,3-4H2. The Balaban J connectivity index is 2.03. The van der Waals surface area contributed by atoms with Crippen molar-refractivity contribution >= 4 is 26.4 Å². The number of rotatable bonds is 2. The minimum absolute atomic E-state index is 0.0511. The zero-order valence-corrected chi connectivity index (χ0v) is 11.3. The van der Waals surface area contributed by atoms with Gasteiger partial charge in [0.15, 0.2) is 9.84 Å². The van der Waals surface area contributed by atoms with Crippen LogP contribution in [0.15, 0.2) is 29.3 Å². The molecule has 0 saturated carbocycles. The molecular formula is C11H10FN3O2S2. The Bertz CT molecular complexity index is 701. The summed E-state index contributed by atoms with van der Waals surface area (Å²) in [4.78, 5) is 0.204. The van der Waals surface area contributed by atoms with E-state index in [0.29, 0.717) is 12.0 Å². The van der Waals surface area contributed by atoms with Crippen molar-refractivity contribution in [3.05, 3.63) is 35.8 Å². The molecule has 0 saturated heterocycles. The molecule has 1 atom stereocenters. The molecule has 1 unspecified atom stereocenters. The van der Waals surface area contributed by atoms with Crippen molar-refractivity contribution in [1.29, 1.82) is 0 Å². The van der Waals surface area contributed by atoms with Crippen LogP contribution < -0.4 is 5.32 Å². The summed E-state index contributed by atoms with van der Waals surface area (Å²) in [6.45, 7) is 0. The Morgan fingerprint density at radius 2 is 2.26 bits per heavy atom. The zero-order chi connectivity index (χ0) is 13.5. The van der Waals surface area contributed by atoms with Gasteiger partial charge in [0.2, 0.25) is 0 Å². The molecule has 5 nitrogen and oxygen atoms in total. The summed E-state index contributed by atoms with van der Waals surface area (Å²) < 4.78 is 41.0. The van der Waals surface area contributed by atoms with Crippen LogP contribution in [0, 0.1) is 5.82 Å². The van der Waals surface area contributed by atoms with Crippen LogP contribution in [0.5, 0.6) is 0 Å². The molecule has 19 heavy (non-hydrogen) atoms. The Morgan fingerprint density at radius 3 is 3.00 bits per heavy atom. The van der Waals surface area contributed by atoms with Crippen molar-refractivity contribution in [2.24, 2.45) is 0 Å². The first-order valence-corrected chi connectivity index (χ1v) is 8.05. The maximum atomic E-state index is 13.4. The van der Waals surface area contributed by atoms with Crippen molar-refractivity contribution in [3.63, 3.8) is 0 Å². The second kappa shape index (κ2) is 4.53. The van der Waals surface area contributed by atoms with Crippen molar-refractivity contribution < 1.29 is 12.8 Å². The van der Waals surface area contributed by atoms with Gasteiger partial charge in [0.05, 0.1) is 22.9 Å². The largest absolute Gasteiger partial charge is 0.367 e. The molecule has 8 heteroatoms. The highest BCUT2D eigenvalue weighted by Crippen LogP contribution is 2.35. The summed E-state index contributed by atoms with van der Waals surface area (Å²) in [7, 11) is -3.31. The van der Waals surface area contributed by atoms with Gasteiger partial charge in [0, 0.05) is 11.5 Å². The highest BCUT2D eigenvalue weighted by Gasteiger charge is 2.30. The van der Waals surface area contributed by atoms with Gasteiger partial charge in [0.25, 0.3) is 0 Å². The predicted octanol–water partition coefficient (Wildman–Crippen LogP) is 2.01. The number of fused-ring (bicyclic) bond motifs is 1. The third-order valence-corrected chi connectivity index (χ3v) is 5.45. The molecule has 0 bridgehead atoms. The zero-order valence-electron chi connectivity index (χ0n) is 9.71. The summed E-state index contributed by atoms with van der Waals surface area (Å²) in [6, 6.07) is 3.54. The van der Waals surface area contributed by atoms with E-state index in [0.717, 1.165) is 5.00 Å². The van der Waals surface area contributed by atoms with E-state index < -0.39 is 15.7 Å². The van der Waals surface area contributed by atoms with Gasteiger partial charge in [-0.05, 0) is 30.2 Å². The molecule has 0 spiro atoms. The van der Waals surface area contributed by atoms with Crippen LogP contribution in [0.25, 0.3) is 0 Å². The maximum absolute atomic E-state index is 13.4. The summed E-state index contributed by atoms with van der Waals surface area (Å²) in [6.07, 6.45) is 1.96. The highest BCUT2D eigenvalue weighted by atomic mass is 32.2. The minimum Gasteiger partial charge on any atom is -0.367 e. The Morgan fingerprint density at radius 1 is 1.42 bits per heavy atom. The first-order chi connectivity index (χ1) is 9.06. The highest BCUT2D eigenvalue weighted by molar-refractivity contribution is 7.91. The van der Waals surface area contributed by atoms with E-state index in [1.54, 1.807) is 6.20 Å². The van der Waals surface area contributed by atoms with E-state index in [1.165, 1.54) is 29.7 Å². The lowest BCUT2D eigenvalue weighted by Gasteiger charge is -2.26. The monoisotopic (exact) mass is 299 g/mol. The molecule has 0 fully saturated rings. The number of anilines is 1. The molecule has 0 aliphatic carbocycles. The molecule has 0 amide bonds. The summed E-state index contributed by atoms with van der Waals surface area (Å²) in [5.74, 6) is -0.389. The smallest absolute Gasteiger partial charge is 0.178 e. The molecule has 2 aromatic rings. The van der Waals surface area contributed by atoms with Gasteiger partial charge in [-0.25, -0.2) is 12.8 Å². The topological polar surface area (TPSA) is 72.0 Å². The SMILES string of the molecule is O=S1(=O)CCC(Nc2cnns2)c2cc(F)ccc21. The molecule has 1 aliphatic heterocycles. The molecule has 100 valence electrons. The summed E-state index contributed by atoms with van der Waals surface area (Å²) in [5.41, 5.74) is 0.472. The Hall–Kier alpha value is -1.54. The maximum Gasteiger partial charge on any atom is 0.178 e. The third kappa shape index (κ3) is 2.33. The fraction of sp³-hybridized carbons (Fsp3) is 0.273. The number of benzene rings is 1. The number of nitrogens with zero attached hydrogens (tertiary/aromatic N) is 2. The molecule has 1 aliphatic rings. The lowest BCUT2D eigenvalue weighted by Crippen LogP contribution is -2.24. The van der Waals surface area contributed by atoms with Crippen LogP contribution in [-0.4, -0.2) is 23.8 Å². The van der Waals surface area contributed by atoms with Crippen LogP contribution in [0.2, 0.25) is 0 Å². The van der Waals surface area contributed by atoms with Gasteiger partial charge in [0.1, 0.15) is 10.8 Å².